The molecule has 0 radical (unpaired) electrons. The molecule has 0 bridgehead atoms. The smallest absolute Gasteiger partial charge is 0.251 e. The van der Waals surface area contributed by atoms with Gasteiger partial charge in [0.1, 0.15) is 12.3 Å². The summed E-state index contributed by atoms with van der Waals surface area (Å²) in [6.45, 7) is 2.18. The van der Waals surface area contributed by atoms with Crippen LogP contribution in [0.1, 0.15) is 26.7 Å². The quantitative estimate of drug-likeness (QED) is 0.668. The van der Waals surface area contributed by atoms with Gasteiger partial charge in [-0.15, -0.1) is 0 Å². The lowest BCUT2D eigenvalue weighted by molar-refractivity contribution is -0.109. The third-order valence-electron chi connectivity index (χ3n) is 1.77. The van der Waals surface area contributed by atoms with E-state index in [1.807, 2.05) is 0 Å². The minimum absolute atomic E-state index is 0.0737. The van der Waals surface area contributed by atoms with Crippen LogP contribution in [0.5, 0.6) is 0 Å². The summed E-state index contributed by atoms with van der Waals surface area (Å²) >= 11 is 0.759. The Kier molecular flexibility index (Phi) is 6.24. The Balaban J connectivity index is 3.90. The van der Waals surface area contributed by atoms with Crippen molar-refractivity contribution in [3.8, 4) is 0 Å². The summed E-state index contributed by atoms with van der Waals surface area (Å²) < 4.78 is 50.9. The number of hydrogen-bond acceptors (Lipinski definition) is 2. The number of rotatable bonds is 6. The van der Waals surface area contributed by atoms with Crippen molar-refractivity contribution in [3.05, 3.63) is 0 Å². The Hall–Kier alpha value is -0.260. The van der Waals surface area contributed by atoms with Crippen LogP contribution < -0.4 is 0 Å². The molecule has 0 spiro atoms. The standard InChI is InChI=1S/C9H14F4OS/c1-6(10)8(11)5-9(12,13)3-4-15-7(2)14/h6,8H,3-5H2,1-2H3. The molecule has 0 aromatic rings. The van der Waals surface area contributed by atoms with Crippen LogP contribution in [-0.4, -0.2) is 29.1 Å². The zero-order valence-corrected chi connectivity index (χ0v) is 9.42. The first-order chi connectivity index (χ1) is 6.74. The van der Waals surface area contributed by atoms with Crippen LogP contribution in [0.3, 0.4) is 0 Å². The number of thioether (sulfide) groups is 1. The van der Waals surface area contributed by atoms with E-state index >= 15 is 0 Å². The third-order valence-corrected chi connectivity index (χ3v) is 2.58. The second-order valence-electron chi connectivity index (χ2n) is 3.34. The largest absolute Gasteiger partial charge is 0.288 e. The zero-order valence-electron chi connectivity index (χ0n) is 8.60. The van der Waals surface area contributed by atoms with Gasteiger partial charge in [-0.25, -0.2) is 17.6 Å². The fraction of sp³-hybridized carbons (Fsp3) is 0.889. The zero-order chi connectivity index (χ0) is 12.1. The van der Waals surface area contributed by atoms with Gasteiger partial charge in [-0.2, -0.15) is 0 Å². The van der Waals surface area contributed by atoms with Crippen molar-refractivity contribution in [3.63, 3.8) is 0 Å². The van der Waals surface area contributed by atoms with E-state index in [1.165, 1.54) is 6.92 Å². The monoisotopic (exact) mass is 246 g/mol. The summed E-state index contributed by atoms with van der Waals surface area (Å²) in [5.41, 5.74) is 0. The highest BCUT2D eigenvalue weighted by Gasteiger charge is 2.34. The van der Waals surface area contributed by atoms with E-state index in [1.54, 1.807) is 0 Å². The lowest BCUT2D eigenvalue weighted by atomic mass is 10.1. The lowest BCUT2D eigenvalue weighted by Crippen LogP contribution is -2.27. The molecule has 15 heavy (non-hydrogen) atoms. The highest BCUT2D eigenvalue weighted by Crippen LogP contribution is 2.29. The summed E-state index contributed by atoms with van der Waals surface area (Å²) in [6, 6.07) is 0. The maximum atomic E-state index is 13.0. The van der Waals surface area contributed by atoms with Crippen LogP contribution in [0.15, 0.2) is 0 Å². The average Bonchev–Trinajstić information content (AvgIpc) is 2.01. The summed E-state index contributed by atoms with van der Waals surface area (Å²) in [4.78, 5) is 10.4. The van der Waals surface area contributed by atoms with Crippen LogP contribution in [0.2, 0.25) is 0 Å². The first kappa shape index (κ1) is 14.7. The molecule has 1 nitrogen and oxygen atoms in total. The molecule has 0 aliphatic heterocycles. The van der Waals surface area contributed by atoms with Crippen molar-refractivity contribution < 1.29 is 22.4 Å². The molecule has 6 heteroatoms. The van der Waals surface area contributed by atoms with Crippen molar-refractivity contribution in [1.82, 2.24) is 0 Å². The normalized spacial score (nSPS) is 16.1. The second kappa shape index (κ2) is 6.35. The predicted molar refractivity (Wildman–Crippen MR) is 52.8 cm³/mol. The molecule has 90 valence electrons. The number of alkyl halides is 4. The Morgan fingerprint density at radius 3 is 2.33 bits per heavy atom. The predicted octanol–water partition coefficient (Wildman–Crippen LogP) is 3.38. The van der Waals surface area contributed by atoms with Crippen LogP contribution >= 0.6 is 11.8 Å². The Morgan fingerprint density at radius 1 is 1.40 bits per heavy atom. The molecule has 0 fully saturated rings. The molecule has 0 heterocycles. The maximum absolute atomic E-state index is 13.0. The summed E-state index contributed by atoms with van der Waals surface area (Å²) in [5, 5.41) is -0.263. The highest BCUT2D eigenvalue weighted by molar-refractivity contribution is 8.13. The van der Waals surface area contributed by atoms with Gasteiger partial charge in [0.15, 0.2) is 5.12 Å². The van der Waals surface area contributed by atoms with Crippen LogP contribution in [0, 0.1) is 0 Å². The topological polar surface area (TPSA) is 17.1 Å². The van der Waals surface area contributed by atoms with Crippen LogP contribution in [0.25, 0.3) is 0 Å². The van der Waals surface area contributed by atoms with E-state index in [9.17, 15) is 22.4 Å². The summed E-state index contributed by atoms with van der Waals surface area (Å²) in [6.07, 6.45) is -5.77. The van der Waals surface area contributed by atoms with Crippen LogP contribution in [0.4, 0.5) is 17.6 Å². The molecule has 0 aromatic heterocycles. The molecular weight excluding hydrogens is 232 g/mol. The van der Waals surface area contributed by atoms with Crippen molar-refractivity contribution in [2.75, 3.05) is 5.75 Å². The van der Waals surface area contributed by atoms with E-state index in [4.69, 9.17) is 0 Å². The molecular formula is C9H14F4OS. The maximum Gasteiger partial charge on any atom is 0.251 e. The number of halogens is 4. The summed E-state index contributed by atoms with van der Waals surface area (Å²) in [7, 11) is 0. The van der Waals surface area contributed by atoms with E-state index in [0.717, 1.165) is 18.7 Å². The van der Waals surface area contributed by atoms with Gasteiger partial charge in [0, 0.05) is 25.5 Å². The number of carbonyl (C=O) groups excluding carboxylic acids is 1. The van der Waals surface area contributed by atoms with Crippen molar-refractivity contribution in [2.45, 2.75) is 45.0 Å². The third kappa shape index (κ3) is 7.64. The molecule has 0 aliphatic carbocycles. The van der Waals surface area contributed by atoms with Gasteiger partial charge in [0.2, 0.25) is 0 Å². The second-order valence-corrected chi connectivity index (χ2v) is 4.62. The molecule has 0 aromatic carbocycles. The fourth-order valence-electron chi connectivity index (χ4n) is 0.894. The van der Waals surface area contributed by atoms with Gasteiger partial charge >= 0.3 is 0 Å². The number of carbonyl (C=O) groups is 1. The minimum atomic E-state index is -3.25. The van der Waals surface area contributed by atoms with Gasteiger partial charge in [0.05, 0.1) is 0 Å². The highest BCUT2D eigenvalue weighted by atomic mass is 32.2. The molecule has 0 aliphatic rings. The molecule has 0 saturated heterocycles. The minimum Gasteiger partial charge on any atom is -0.288 e. The molecule has 0 N–H and O–H groups in total. The van der Waals surface area contributed by atoms with Gasteiger partial charge < -0.3 is 0 Å². The Labute approximate surface area is 90.6 Å². The molecule has 0 rings (SSSR count). The molecule has 0 amide bonds. The van der Waals surface area contributed by atoms with Gasteiger partial charge in [-0.1, -0.05) is 11.8 Å². The van der Waals surface area contributed by atoms with Gasteiger partial charge in [0.25, 0.3) is 5.92 Å². The molecule has 2 unspecified atom stereocenters. The van der Waals surface area contributed by atoms with E-state index in [2.05, 4.69) is 0 Å². The van der Waals surface area contributed by atoms with Crippen LogP contribution in [-0.2, 0) is 4.79 Å². The van der Waals surface area contributed by atoms with Crippen molar-refractivity contribution in [2.24, 2.45) is 0 Å². The van der Waals surface area contributed by atoms with E-state index < -0.39 is 31.1 Å². The van der Waals surface area contributed by atoms with Gasteiger partial charge in [-0.05, 0) is 6.92 Å². The average molecular weight is 246 g/mol. The molecule has 0 saturated carbocycles. The van der Waals surface area contributed by atoms with Gasteiger partial charge in [-0.3, -0.25) is 4.79 Å². The fourth-order valence-corrected chi connectivity index (χ4v) is 1.58. The molecule has 2 atom stereocenters. The first-order valence-corrected chi connectivity index (χ1v) is 5.52. The summed E-state index contributed by atoms with van der Waals surface area (Å²) in [5.74, 6) is -3.32. The lowest BCUT2D eigenvalue weighted by Gasteiger charge is -2.18. The Bertz CT molecular complexity index is 208. The number of hydrogen-bond donors (Lipinski definition) is 0. The van der Waals surface area contributed by atoms with E-state index in [0.29, 0.717) is 0 Å². The van der Waals surface area contributed by atoms with E-state index in [-0.39, 0.29) is 10.9 Å². The van der Waals surface area contributed by atoms with Crippen molar-refractivity contribution >= 4 is 16.9 Å². The SMILES string of the molecule is CC(=O)SCCC(F)(F)CC(F)C(C)F. The Morgan fingerprint density at radius 2 is 1.93 bits per heavy atom. The first-order valence-electron chi connectivity index (χ1n) is 4.54. The van der Waals surface area contributed by atoms with Crippen molar-refractivity contribution in [1.29, 1.82) is 0 Å².